The Labute approximate surface area is 162 Å². The van der Waals surface area contributed by atoms with Crippen LogP contribution in [0.25, 0.3) is 0 Å². The quantitative estimate of drug-likeness (QED) is 0.650. The molecule has 0 aliphatic rings. The topological polar surface area (TPSA) is 101 Å². The first kappa shape index (κ1) is 20.8. The van der Waals surface area contributed by atoms with Crippen LogP contribution in [-0.2, 0) is 9.53 Å². The summed E-state index contributed by atoms with van der Waals surface area (Å²) in [5.41, 5.74) is 2.50. The number of nitrogens with one attached hydrogen (secondary N) is 2. The Morgan fingerprint density at radius 2 is 1.93 bits per heavy atom. The number of H-pyrrole nitrogens is 1. The van der Waals surface area contributed by atoms with Crippen LogP contribution in [0.3, 0.4) is 0 Å². The monoisotopic (exact) mass is 394 g/mol. The molecule has 0 saturated carbocycles. The lowest BCUT2D eigenvalue weighted by atomic mass is 10.1. The van der Waals surface area contributed by atoms with E-state index >= 15 is 0 Å². The molecule has 0 saturated heterocycles. The Hall–Kier alpha value is -2.51. The molecule has 8 heteroatoms. The fraction of sp³-hybridized carbons (Fsp3) is 0.368. The van der Waals surface area contributed by atoms with Gasteiger partial charge in [-0.1, -0.05) is 11.6 Å². The molecular formula is C19H23ClN2O5. The highest BCUT2D eigenvalue weighted by atomic mass is 35.5. The zero-order valence-corrected chi connectivity index (χ0v) is 16.6. The van der Waals surface area contributed by atoms with Crippen LogP contribution in [0, 0.1) is 13.8 Å². The lowest BCUT2D eigenvalue weighted by Gasteiger charge is -2.15. The van der Waals surface area contributed by atoms with Gasteiger partial charge in [-0.3, -0.25) is 4.79 Å². The first-order valence-corrected chi connectivity index (χ1v) is 8.76. The van der Waals surface area contributed by atoms with Crippen LogP contribution in [0.4, 0.5) is 5.69 Å². The summed E-state index contributed by atoms with van der Waals surface area (Å²) in [5, 5.41) is 12.9. The minimum Gasteiger partial charge on any atom is -0.495 e. The maximum atomic E-state index is 12.4. The number of rotatable bonds is 6. The molecule has 27 heavy (non-hydrogen) atoms. The van der Waals surface area contributed by atoms with Gasteiger partial charge in [-0.2, -0.15) is 0 Å². The van der Waals surface area contributed by atoms with Gasteiger partial charge in [0.2, 0.25) is 0 Å². The average molecular weight is 395 g/mol. The van der Waals surface area contributed by atoms with Crippen molar-refractivity contribution in [1.82, 2.24) is 4.98 Å². The van der Waals surface area contributed by atoms with E-state index in [-0.39, 0.29) is 5.69 Å². The molecule has 2 atom stereocenters. The van der Waals surface area contributed by atoms with Crippen LogP contribution in [0.2, 0.25) is 5.02 Å². The number of aromatic nitrogens is 1. The molecule has 1 aromatic carbocycles. The minimum absolute atomic E-state index is 0.211. The fourth-order valence-corrected chi connectivity index (χ4v) is 3.05. The van der Waals surface area contributed by atoms with E-state index in [0.717, 1.165) is 0 Å². The summed E-state index contributed by atoms with van der Waals surface area (Å²) in [6.45, 7) is 6.55. The highest BCUT2D eigenvalue weighted by molar-refractivity contribution is 6.31. The van der Waals surface area contributed by atoms with Gasteiger partial charge in [-0.05, 0) is 51.5 Å². The lowest BCUT2D eigenvalue weighted by Crippen LogP contribution is -2.30. The maximum Gasteiger partial charge on any atom is 0.355 e. The summed E-state index contributed by atoms with van der Waals surface area (Å²) in [6, 6.07) is 4.80. The Balaban J connectivity index is 2.12. The largest absolute Gasteiger partial charge is 0.495 e. The Morgan fingerprint density at radius 3 is 2.48 bits per heavy atom. The third-order valence-electron chi connectivity index (χ3n) is 4.19. The Bertz CT molecular complexity index is 860. The summed E-state index contributed by atoms with van der Waals surface area (Å²) >= 11 is 5.94. The number of esters is 1. The normalized spacial score (nSPS) is 13.0. The smallest absolute Gasteiger partial charge is 0.355 e. The number of halogens is 1. The van der Waals surface area contributed by atoms with Crippen molar-refractivity contribution in [2.24, 2.45) is 0 Å². The van der Waals surface area contributed by atoms with E-state index in [0.29, 0.717) is 33.3 Å². The van der Waals surface area contributed by atoms with E-state index < -0.39 is 24.1 Å². The van der Waals surface area contributed by atoms with Gasteiger partial charge < -0.3 is 24.9 Å². The van der Waals surface area contributed by atoms with Crippen molar-refractivity contribution in [1.29, 1.82) is 0 Å². The molecule has 1 aromatic heterocycles. The number of carbonyl (C=O) groups is 2. The van der Waals surface area contributed by atoms with E-state index in [1.54, 1.807) is 39.0 Å². The third kappa shape index (κ3) is 4.61. The van der Waals surface area contributed by atoms with Gasteiger partial charge in [0.1, 0.15) is 11.4 Å². The molecule has 1 heterocycles. The van der Waals surface area contributed by atoms with Gasteiger partial charge in [0.15, 0.2) is 6.10 Å². The molecular weight excluding hydrogens is 372 g/mol. The number of aliphatic hydroxyl groups is 1. The second kappa shape index (κ2) is 8.45. The van der Waals surface area contributed by atoms with Crippen molar-refractivity contribution < 1.29 is 24.2 Å². The van der Waals surface area contributed by atoms with Crippen molar-refractivity contribution in [2.45, 2.75) is 39.9 Å². The standard InChI is InChI=1S/C19H23ClN2O5/c1-9-16(11(3)23)10(2)21-17(9)19(25)27-12(4)18(24)22-14-8-13(20)6-7-15(14)26-5/h6-8,11-12,21,23H,1-5H3,(H,22,24)/t11-,12-/m0/s1. The number of hydrogen-bond donors (Lipinski definition) is 3. The van der Waals surface area contributed by atoms with Crippen molar-refractivity contribution in [2.75, 3.05) is 12.4 Å². The molecule has 2 rings (SSSR count). The molecule has 0 aliphatic carbocycles. The van der Waals surface area contributed by atoms with Crippen LogP contribution in [-0.4, -0.2) is 35.2 Å². The lowest BCUT2D eigenvalue weighted by molar-refractivity contribution is -0.123. The molecule has 2 aromatic rings. The Kier molecular flexibility index (Phi) is 6.51. The van der Waals surface area contributed by atoms with Gasteiger partial charge >= 0.3 is 5.97 Å². The number of amides is 1. The number of anilines is 1. The first-order valence-electron chi connectivity index (χ1n) is 8.38. The number of carbonyl (C=O) groups excluding carboxylic acids is 2. The number of hydrogen-bond acceptors (Lipinski definition) is 5. The molecule has 0 radical (unpaired) electrons. The average Bonchev–Trinajstić information content (AvgIpc) is 2.89. The second-order valence-corrected chi connectivity index (χ2v) is 6.66. The molecule has 0 unspecified atom stereocenters. The second-order valence-electron chi connectivity index (χ2n) is 6.22. The van der Waals surface area contributed by atoms with Crippen LogP contribution in [0.1, 0.15) is 47.3 Å². The van der Waals surface area contributed by atoms with Gasteiger partial charge in [0.25, 0.3) is 5.91 Å². The predicted molar refractivity (Wildman–Crippen MR) is 102 cm³/mol. The van der Waals surface area contributed by atoms with Crippen LogP contribution in [0.5, 0.6) is 5.75 Å². The van der Waals surface area contributed by atoms with E-state index in [2.05, 4.69) is 10.3 Å². The first-order chi connectivity index (χ1) is 12.6. The zero-order valence-electron chi connectivity index (χ0n) is 15.8. The summed E-state index contributed by atoms with van der Waals surface area (Å²) in [7, 11) is 1.47. The molecule has 0 spiro atoms. The molecule has 0 aliphatic heterocycles. The van der Waals surface area contributed by atoms with Gasteiger partial charge in [-0.15, -0.1) is 0 Å². The Morgan fingerprint density at radius 1 is 1.26 bits per heavy atom. The maximum absolute atomic E-state index is 12.4. The third-order valence-corrected chi connectivity index (χ3v) is 4.42. The molecule has 3 N–H and O–H groups in total. The summed E-state index contributed by atoms with van der Waals surface area (Å²) < 4.78 is 10.4. The van der Waals surface area contributed by atoms with Crippen LogP contribution >= 0.6 is 11.6 Å². The van der Waals surface area contributed by atoms with Crippen LogP contribution in [0.15, 0.2) is 18.2 Å². The van der Waals surface area contributed by atoms with Crippen molar-refractivity contribution in [3.05, 3.63) is 45.7 Å². The summed E-state index contributed by atoms with van der Waals surface area (Å²) in [5.74, 6) is -0.771. The molecule has 0 fully saturated rings. The van der Waals surface area contributed by atoms with E-state index in [1.165, 1.54) is 14.0 Å². The zero-order chi connectivity index (χ0) is 20.3. The molecule has 7 nitrogen and oxygen atoms in total. The summed E-state index contributed by atoms with van der Waals surface area (Å²) in [4.78, 5) is 27.7. The number of aryl methyl sites for hydroxylation is 1. The highest BCUT2D eigenvalue weighted by Gasteiger charge is 2.25. The number of aromatic amines is 1. The number of ether oxygens (including phenoxy) is 2. The van der Waals surface area contributed by atoms with E-state index in [9.17, 15) is 14.7 Å². The molecule has 0 bridgehead atoms. The number of benzene rings is 1. The SMILES string of the molecule is COc1ccc(Cl)cc1NC(=O)[C@H](C)OC(=O)c1[nH]c(C)c([C@H](C)O)c1C. The molecule has 1 amide bonds. The number of aliphatic hydroxyl groups excluding tert-OH is 1. The fourth-order valence-electron chi connectivity index (χ4n) is 2.88. The van der Waals surface area contributed by atoms with Gasteiger partial charge in [-0.25, -0.2) is 4.79 Å². The highest BCUT2D eigenvalue weighted by Crippen LogP contribution is 2.28. The van der Waals surface area contributed by atoms with E-state index in [1.807, 2.05) is 0 Å². The number of methoxy groups -OCH3 is 1. The minimum atomic E-state index is -1.06. The van der Waals surface area contributed by atoms with Gasteiger partial charge in [0, 0.05) is 16.3 Å². The summed E-state index contributed by atoms with van der Waals surface area (Å²) in [6.07, 6.45) is -1.78. The predicted octanol–water partition coefficient (Wildman–Crippen LogP) is 3.53. The molecule has 146 valence electrons. The van der Waals surface area contributed by atoms with Crippen molar-refractivity contribution >= 4 is 29.2 Å². The van der Waals surface area contributed by atoms with E-state index in [4.69, 9.17) is 21.1 Å². The van der Waals surface area contributed by atoms with Crippen LogP contribution < -0.4 is 10.1 Å². The van der Waals surface area contributed by atoms with Crippen molar-refractivity contribution in [3.63, 3.8) is 0 Å². The van der Waals surface area contributed by atoms with Gasteiger partial charge in [0.05, 0.1) is 18.9 Å². The van der Waals surface area contributed by atoms with Crippen molar-refractivity contribution in [3.8, 4) is 5.75 Å².